The van der Waals surface area contributed by atoms with Crippen LogP contribution in [-0.4, -0.2) is 19.2 Å². The minimum atomic E-state index is 0.0895. The summed E-state index contributed by atoms with van der Waals surface area (Å²) in [7, 11) is 1.64. The lowest BCUT2D eigenvalue weighted by Crippen LogP contribution is -2.20. The Kier molecular flexibility index (Phi) is 3.72. The summed E-state index contributed by atoms with van der Waals surface area (Å²) in [6.45, 7) is 0. The van der Waals surface area contributed by atoms with Gasteiger partial charge in [-0.05, 0) is 54.5 Å². The molecule has 106 valence electrons. The summed E-state index contributed by atoms with van der Waals surface area (Å²) in [6.07, 6.45) is 6.65. The van der Waals surface area contributed by atoms with Gasteiger partial charge in [-0.3, -0.25) is 4.79 Å². The van der Waals surface area contributed by atoms with E-state index in [2.05, 4.69) is 10.5 Å². The minimum absolute atomic E-state index is 0.0895. The molecular formula is C16H20N2O2. The van der Waals surface area contributed by atoms with E-state index in [9.17, 15) is 4.79 Å². The van der Waals surface area contributed by atoms with Gasteiger partial charge in [0.15, 0.2) is 0 Å². The molecule has 0 bridgehead atoms. The van der Waals surface area contributed by atoms with Crippen LogP contribution in [0.5, 0.6) is 5.75 Å². The Balaban J connectivity index is 1.51. The maximum absolute atomic E-state index is 12.0. The number of hydrogen-bond donors (Lipinski definition) is 1. The Morgan fingerprint density at radius 1 is 1.25 bits per heavy atom. The van der Waals surface area contributed by atoms with Crippen molar-refractivity contribution >= 4 is 12.1 Å². The fourth-order valence-electron chi connectivity index (χ4n) is 3.32. The molecule has 2 fully saturated rings. The first-order chi connectivity index (χ1) is 9.79. The van der Waals surface area contributed by atoms with E-state index in [1.165, 1.54) is 25.7 Å². The zero-order chi connectivity index (χ0) is 13.9. The highest BCUT2D eigenvalue weighted by atomic mass is 16.5. The first-order valence-corrected chi connectivity index (χ1v) is 7.26. The van der Waals surface area contributed by atoms with Crippen molar-refractivity contribution < 1.29 is 9.53 Å². The van der Waals surface area contributed by atoms with Crippen LogP contribution in [0.1, 0.15) is 31.2 Å². The highest BCUT2D eigenvalue weighted by Crippen LogP contribution is 2.55. The summed E-state index contributed by atoms with van der Waals surface area (Å²) in [4.78, 5) is 12.0. The Morgan fingerprint density at radius 2 is 1.90 bits per heavy atom. The van der Waals surface area contributed by atoms with Crippen LogP contribution in [0.25, 0.3) is 0 Å². The highest BCUT2D eigenvalue weighted by Gasteiger charge is 2.54. The van der Waals surface area contributed by atoms with E-state index in [0.29, 0.717) is 11.8 Å². The van der Waals surface area contributed by atoms with E-state index >= 15 is 0 Å². The van der Waals surface area contributed by atoms with Gasteiger partial charge in [-0.1, -0.05) is 12.8 Å². The van der Waals surface area contributed by atoms with Crippen LogP contribution in [0.15, 0.2) is 29.4 Å². The molecule has 0 spiro atoms. The lowest BCUT2D eigenvalue weighted by atomic mass is 10.0. The quantitative estimate of drug-likeness (QED) is 0.676. The van der Waals surface area contributed by atoms with E-state index in [1.54, 1.807) is 13.3 Å². The van der Waals surface area contributed by atoms with Gasteiger partial charge in [0, 0.05) is 5.92 Å². The molecule has 0 aromatic heterocycles. The normalized spacial score (nSPS) is 27.9. The molecular weight excluding hydrogens is 252 g/mol. The number of ether oxygens (including phenoxy) is 1. The molecule has 1 N–H and O–H groups in total. The average Bonchev–Trinajstić information content (AvgIpc) is 3.22. The Hall–Kier alpha value is -1.84. The largest absolute Gasteiger partial charge is 0.497 e. The monoisotopic (exact) mass is 272 g/mol. The van der Waals surface area contributed by atoms with Crippen LogP contribution in [-0.2, 0) is 4.79 Å². The van der Waals surface area contributed by atoms with Gasteiger partial charge in [0.05, 0.1) is 13.3 Å². The van der Waals surface area contributed by atoms with Crippen molar-refractivity contribution in [3.05, 3.63) is 29.8 Å². The summed E-state index contributed by atoms with van der Waals surface area (Å²) < 4.78 is 5.09. The molecule has 3 atom stereocenters. The molecule has 4 nitrogen and oxygen atoms in total. The number of benzene rings is 1. The summed E-state index contributed by atoms with van der Waals surface area (Å²) in [5, 5.41) is 4.05. The third-order valence-electron chi connectivity index (χ3n) is 4.46. The Labute approximate surface area is 119 Å². The number of nitrogens with one attached hydrogen (secondary N) is 1. The third-order valence-corrected chi connectivity index (χ3v) is 4.46. The summed E-state index contributed by atoms with van der Waals surface area (Å²) in [6, 6.07) is 7.56. The van der Waals surface area contributed by atoms with E-state index in [0.717, 1.165) is 11.3 Å². The highest BCUT2D eigenvalue weighted by molar-refractivity contribution is 5.85. The van der Waals surface area contributed by atoms with Crippen LogP contribution in [0.4, 0.5) is 0 Å². The lowest BCUT2D eigenvalue weighted by Gasteiger charge is -2.04. The van der Waals surface area contributed by atoms with Gasteiger partial charge in [-0.2, -0.15) is 5.10 Å². The van der Waals surface area contributed by atoms with E-state index in [1.807, 2.05) is 24.3 Å². The molecule has 1 aromatic carbocycles. The first-order valence-electron chi connectivity index (χ1n) is 7.26. The number of rotatable bonds is 4. The van der Waals surface area contributed by atoms with Crippen LogP contribution in [0.2, 0.25) is 0 Å². The van der Waals surface area contributed by atoms with Crippen molar-refractivity contribution in [2.24, 2.45) is 22.9 Å². The van der Waals surface area contributed by atoms with Crippen molar-refractivity contribution in [2.75, 3.05) is 7.11 Å². The van der Waals surface area contributed by atoms with E-state index < -0.39 is 0 Å². The molecule has 0 saturated heterocycles. The minimum Gasteiger partial charge on any atom is -0.497 e. The smallest absolute Gasteiger partial charge is 0.243 e. The molecule has 0 aliphatic heterocycles. The summed E-state index contributed by atoms with van der Waals surface area (Å²) in [5.74, 6) is 2.37. The molecule has 0 heterocycles. The first kappa shape index (κ1) is 13.2. The second-order valence-electron chi connectivity index (χ2n) is 5.65. The topological polar surface area (TPSA) is 50.7 Å². The van der Waals surface area contributed by atoms with Crippen LogP contribution in [0.3, 0.4) is 0 Å². The fraction of sp³-hybridized carbons (Fsp3) is 0.500. The van der Waals surface area contributed by atoms with Gasteiger partial charge < -0.3 is 4.74 Å². The van der Waals surface area contributed by atoms with Gasteiger partial charge in [0.25, 0.3) is 0 Å². The van der Waals surface area contributed by atoms with Gasteiger partial charge in [0.2, 0.25) is 5.91 Å². The van der Waals surface area contributed by atoms with Crippen LogP contribution >= 0.6 is 0 Å². The van der Waals surface area contributed by atoms with E-state index in [-0.39, 0.29) is 11.8 Å². The van der Waals surface area contributed by atoms with Crippen molar-refractivity contribution in [1.29, 1.82) is 0 Å². The zero-order valence-electron chi connectivity index (χ0n) is 11.7. The number of hydrazone groups is 1. The number of carbonyl (C=O) groups is 1. The van der Waals surface area contributed by atoms with Crippen molar-refractivity contribution in [3.63, 3.8) is 0 Å². The van der Waals surface area contributed by atoms with Crippen molar-refractivity contribution in [2.45, 2.75) is 25.7 Å². The van der Waals surface area contributed by atoms with Gasteiger partial charge in [0.1, 0.15) is 5.75 Å². The molecule has 0 radical (unpaired) electrons. The molecule has 3 rings (SSSR count). The number of carbonyl (C=O) groups excluding carboxylic acids is 1. The predicted octanol–water partition coefficient (Wildman–Crippen LogP) is 2.58. The lowest BCUT2D eigenvalue weighted by molar-refractivity contribution is -0.122. The Morgan fingerprint density at radius 3 is 2.50 bits per heavy atom. The number of amides is 1. The van der Waals surface area contributed by atoms with Gasteiger partial charge >= 0.3 is 0 Å². The molecule has 20 heavy (non-hydrogen) atoms. The van der Waals surface area contributed by atoms with Crippen molar-refractivity contribution in [1.82, 2.24) is 5.43 Å². The predicted molar refractivity (Wildman–Crippen MR) is 77.7 cm³/mol. The molecule has 4 heteroatoms. The maximum Gasteiger partial charge on any atom is 0.243 e. The number of methoxy groups -OCH3 is 1. The molecule has 2 aliphatic rings. The standard InChI is InChI=1S/C16H20N2O2/c1-20-12-8-6-11(7-9-12)10-17-18-16(19)15-13-4-2-3-5-14(13)15/h6-10,13-15H,2-5H2,1H3,(H,18,19)/b17-10-/t13-,14+,15?. The molecule has 1 unspecified atom stereocenters. The molecule has 2 aliphatic carbocycles. The van der Waals surface area contributed by atoms with Crippen molar-refractivity contribution in [3.8, 4) is 5.75 Å². The fourth-order valence-corrected chi connectivity index (χ4v) is 3.32. The maximum atomic E-state index is 12.0. The number of nitrogens with zero attached hydrogens (tertiary/aromatic N) is 1. The molecule has 1 aromatic rings. The second-order valence-corrected chi connectivity index (χ2v) is 5.65. The zero-order valence-corrected chi connectivity index (χ0v) is 11.7. The summed E-state index contributed by atoms with van der Waals surface area (Å²) >= 11 is 0. The second kappa shape index (κ2) is 5.65. The van der Waals surface area contributed by atoms with Crippen LogP contribution < -0.4 is 10.2 Å². The van der Waals surface area contributed by atoms with Crippen LogP contribution in [0, 0.1) is 17.8 Å². The molecule has 1 amide bonds. The number of hydrogen-bond acceptors (Lipinski definition) is 3. The Bertz CT molecular complexity index is 498. The molecule has 2 saturated carbocycles. The SMILES string of the molecule is COc1ccc(/C=N\NC(=O)C2[C@H]3CCCC[C@@H]23)cc1. The number of fused-ring (bicyclic) bond motifs is 1. The average molecular weight is 272 g/mol. The van der Waals surface area contributed by atoms with Gasteiger partial charge in [-0.25, -0.2) is 5.43 Å². The van der Waals surface area contributed by atoms with E-state index in [4.69, 9.17) is 4.74 Å². The third kappa shape index (κ3) is 2.69. The summed E-state index contributed by atoms with van der Waals surface area (Å²) in [5.41, 5.74) is 3.62. The van der Waals surface area contributed by atoms with Gasteiger partial charge in [-0.15, -0.1) is 0 Å².